The van der Waals surface area contributed by atoms with Crippen molar-refractivity contribution >= 4 is 75.3 Å². The third kappa shape index (κ3) is 5.65. The number of fused-ring (bicyclic) bond motifs is 4. The van der Waals surface area contributed by atoms with Crippen molar-refractivity contribution < 1.29 is 9.53 Å². The van der Waals surface area contributed by atoms with Gasteiger partial charge in [-0.25, -0.2) is 0 Å². The summed E-state index contributed by atoms with van der Waals surface area (Å²) in [5.41, 5.74) is 8.49. The zero-order chi connectivity index (χ0) is 31.7. The van der Waals surface area contributed by atoms with E-state index in [-0.39, 0.29) is 5.91 Å². The Morgan fingerprint density at radius 3 is 1.62 bits per heavy atom. The number of rotatable bonds is 6. The van der Waals surface area contributed by atoms with E-state index in [0.717, 1.165) is 39.0 Å². The Labute approximate surface area is 282 Å². The molecule has 0 saturated heterocycles. The van der Waals surface area contributed by atoms with Crippen LogP contribution in [0.2, 0.25) is 0 Å². The number of para-hydroxylation sites is 3. The van der Waals surface area contributed by atoms with E-state index in [0.29, 0.717) is 5.69 Å². The molecule has 0 radical (unpaired) electrons. The number of benzene rings is 6. The summed E-state index contributed by atoms with van der Waals surface area (Å²) in [6, 6.07) is 48.1. The molecule has 6 aromatic rings. The molecule has 8 rings (SSSR count). The second kappa shape index (κ2) is 12.4. The number of carbonyl (C=O) groups excluding carboxylic acids is 1. The fourth-order valence-electron chi connectivity index (χ4n) is 5.92. The summed E-state index contributed by atoms with van der Waals surface area (Å²) in [6.45, 7) is 0. The molecule has 0 spiro atoms. The highest BCUT2D eigenvalue weighted by atomic mass is 32.2. The molecule has 2 heterocycles. The van der Waals surface area contributed by atoms with E-state index in [1.165, 1.54) is 26.1 Å². The van der Waals surface area contributed by atoms with Crippen LogP contribution >= 0.6 is 23.5 Å². The van der Waals surface area contributed by atoms with Crippen molar-refractivity contribution in [3.05, 3.63) is 151 Å². The van der Waals surface area contributed by atoms with E-state index in [9.17, 15) is 4.79 Å². The van der Waals surface area contributed by atoms with E-state index < -0.39 is 0 Å². The second-order valence-electron chi connectivity index (χ2n) is 11.1. The highest BCUT2D eigenvalue weighted by Crippen LogP contribution is 2.53. The minimum Gasteiger partial charge on any atom is -0.497 e. The maximum atomic E-state index is 12.7. The van der Waals surface area contributed by atoms with Gasteiger partial charge in [0.25, 0.3) is 0 Å². The first-order valence-corrected chi connectivity index (χ1v) is 16.9. The van der Waals surface area contributed by atoms with E-state index in [1.54, 1.807) is 24.9 Å². The number of carbonyl (C=O) groups is 1. The molecule has 1 amide bonds. The maximum absolute atomic E-state index is 12.7. The topological polar surface area (TPSA) is 44.8 Å². The zero-order valence-electron chi connectivity index (χ0n) is 25.5. The number of amides is 1. The molecule has 0 aliphatic carbocycles. The number of methoxy groups -OCH3 is 1. The van der Waals surface area contributed by atoms with Crippen molar-refractivity contribution in [2.45, 2.75) is 19.6 Å². The molecule has 0 fully saturated rings. The molecule has 47 heavy (non-hydrogen) atoms. The van der Waals surface area contributed by atoms with Gasteiger partial charge in [-0.3, -0.25) is 4.79 Å². The number of ether oxygens (including phenoxy) is 1. The Morgan fingerprint density at radius 2 is 1.09 bits per heavy atom. The summed E-state index contributed by atoms with van der Waals surface area (Å²) in [5, 5.41) is 2.91. The molecular formula is C40H29N3O2S2. The molecule has 0 bridgehead atoms. The van der Waals surface area contributed by atoms with Gasteiger partial charge in [0.05, 0.1) is 29.9 Å². The van der Waals surface area contributed by atoms with Gasteiger partial charge >= 0.3 is 0 Å². The highest BCUT2D eigenvalue weighted by molar-refractivity contribution is 8.00. The van der Waals surface area contributed by atoms with Gasteiger partial charge < -0.3 is 19.9 Å². The fraction of sp³-hybridized carbons (Fsp3) is 0.0250. The molecule has 0 unspecified atom stereocenters. The lowest BCUT2D eigenvalue weighted by molar-refractivity contribution is -0.111. The molecule has 7 heteroatoms. The largest absolute Gasteiger partial charge is 0.497 e. The van der Waals surface area contributed by atoms with E-state index in [2.05, 4.69) is 130 Å². The molecular weight excluding hydrogens is 619 g/mol. The predicted octanol–water partition coefficient (Wildman–Crippen LogP) is 11.2. The third-order valence-corrected chi connectivity index (χ3v) is 10.4. The average Bonchev–Trinajstić information content (AvgIpc) is 3.12. The van der Waals surface area contributed by atoms with Crippen LogP contribution in [-0.4, -0.2) is 13.0 Å². The minimum atomic E-state index is -0.190. The van der Waals surface area contributed by atoms with E-state index >= 15 is 0 Å². The van der Waals surface area contributed by atoms with Gasteiger partial charge in [-0.1, -0.05) is 66.0 Å². The summed E-state index contributed by atoms with van der Waals surface area (Å²) in [6.07, 6.45) is 3.42. The zero-order valence-corrected chi connectivity index (χ0v) is 27.1. The van der Waals surface area contributed by atoms with Crippen LogP contribution < -0.4 is 19.9 Å². The van der Waals surface area contributed by atoms with Crippen molar-refractivity contribution in [2.75, 3.05) is 22.2 Å². The van der Waals surface area contributed by atoms with E-state index in [1.807, 2.05) is 42.1 Å². The molecule has 6 aromatic carbocycles. The SMILES string of the molecule is COc1ccc(NC(=O)/C=C/c2ccc3c(c2)Sc2ccccc2N3c2ccc(N3c4ccccc4Sc4ccccc43)cc2)cc1. The van der Waals surface area contributed by atoms with Gasteiger partial charge in [0.1, 0.15) is 5.75 Å². The monoisotopic (exact) mass is 647 g/mol. The van der Waals surface area contributed by atoms with Crippen LogP contribution in [0.5, 0.6) is 5.75 Å². The summed E-state index contributed by atoms with van der Waals surface area (Å²) >= 11 is 3.56. The van der Waals surface area contributed by atoms with Crippen LogP contribution in [-0.2, 0) is 4.79 Å². The van der Waals surface area contributed by atoms with Gasteiger partial charge in [-0.2, -0.15) is 0 Å². The van der Waals surface area contributed by atoms with Gasteiger partial charge in [-0.05, 0) is 109 Å². The normalized spacial score (nSPS) is 13.0. The number of anilines is 7. The first kappa shape index (κ1) is 29.1. The molecule has 2 aliphatic heterocycles. The van der Waals surface area contributed by atoms with Crippen LogP contribution in [0.3, 0.4) is 0 Å². The maximum Gasteiger partial charge on any atom is 0.248 e. The third-order valence-electron chi connectivity index (χ3n) is 8.13. The summed E-state index contributed by atoms with van der Waals surface area (Å²) in [4.78, 5) is 22.1. The quantitative estimate of drug-likeness (QED) is 0.181. The van der Waals surface area contributed by atoms with Crippen molar-refractivity contribution in [2.24, 2.45) is 0 Å². The molecule has 2 aliphatic rings. The minimum absolute atomic E-state index is 0.190. The molecule has 0 saturated carbocycles. The number of nitrogens with zero attached hydrogens (tertiary/aromatic N) is 2. The molecule has 1 N–H and O–H groups in total. The predicted molar refractivity (Wildman–Crippen MR) is 195 cm³/mol. The lowest BCUT2D eigenvalue weighted by Crippen LogP contribution is -2.16. The van der Waals surface area contributed by atoms with Crippen LogP contribution in [0.25, 0.3) is 6.08 Å². The lowest BCUT2D eigenvalue weighted by Gasteiger charge is -2.35. The number of nitrogens with one attached hydrogen (secondary N) is 1. The Morgan fingerprint density at radius 1 is 0.596 bits per heavy atom. The Hall–Kier alpha value is -5.37. The van der Waals surface area contributed by atoms with Gasteiger partial charge in [-0.15, -0.1) is 0 Å². The Bertz CT molecular complexity index is 2100. The molecule has 228 valence electrons. The fourth-order valence-corrected chi connectivity index (χ4v) is 8.08. The molecule has 5 nitrogen and oxygen atoms in total. The second-order valence-corrected chi connectivity index (χ2v) is 13.2. The van der Waals surface area contributed by atoms with Gasteiger partial charge in [0, 0.05) is 42.7 Å². The Kier molecular flexibility index (Phi) is 7.69. The van der Waals surface area contributed by atoms with Crippen molar-refractivity contribution in [3.8, 4) is 5.75 Å². The highest BCUT2D eigenvalue weighted by Gasteiger charge is 2.27. The lowest BCUT2D eigenvalue weighted by atomic mass is 10.1. The summed E-state index contributed by atoms with van der Waals surface area (Å²) in [5.74, 6) is 0.555. The smallest absolute Gasteiger partial charge is 0.248 e. The van der Waals surface area contributed by atoms with Gasteiger partial charge in [0.15, 0.2) is 0 Å². The number of hydrogen-bond acceptors (Lipinski definition) is 6. The first-order chi connectivity index (χ1) is 23.1. The first-order valence-electron chi connectivity index (χ1n) is 15.2. The van der Waals surface area contributed by atoms with Crippen molar-refractivity contribution in [1.29, 1.82) is 0 Å². The van der Waals surface area contributed by atoms with Crippen molar-refractivity contribution in [1.82, 2.24) is 0 Å². The summed E-state index contributed by atoms with van der Waals surface area (Å²) in [7, 11) is 1.62. The average molecular weight is 648 g/mol. The van der Waals surface area contributed by atoms with Crippen molar-refractivity contribution in [3.63, 3.8) is 0 Å². The van der Waals surface area contributed by atoms with E-state index in [4.69, 9.17) is 4.74 Å². The van der Waals surface area contributed by atoms with Crippen LogP contribution in [0, 0.1) is 0 Å². The van der Waals surface area contributed by atoms with Crippen LogP contribution in [0.1, 0.15) is 5.56 Å². The summed E-state index contributed by atoms with van der Waals surface area (Å²) < 4.78 is 5.20. The standard InChI is InChI=1S/C40H29N3O2S2/c1-45-31-22-16-28(17-23-31)41-40(44)25-15-27-14-24-35-39(26-27)47-38-13-7-4-10-34(38)43(35)30-20-18-29(19-21-30)42-32-8-2-5-11-36(32)46-37-12-6-3-9-33(37)42/h2-26H,1H3,(H,41,44)/b25-15+. The van der Waals surface area contributed by atoms with Crippen LogP contribution in [0.4, 0.5) is 39.8 Å². The molecule has 0 aromatic heterocycles. The van der Waals surface area contributed by atoms with Gasteiger partial charge in [0.2, 0.25) is 5.91 Å². The van der Waals surface area contributed by atoms with Crippen LogP contribution in [0.15, 0.2) is 165 Å². The molecule has 0 atom stereocenters. The number of hydrogen-bond donors (Lipinski definition) is 1. The Balaban J connectivity index is 1.09.